The number of carbonyl (C=O) groups is 2. The maximum Gasteiger partial charge on any atom is 0.355 e. The number of hydrogen-bond donors (Lipinski definition) is 1. The van der Waals surface area contributed by atoms with Crippen LogP contribution in [0.2, 0.25) is 0 Å². The third-order valence-electron chi connectivity index (χ3n) is 6.46. The average Bonchev–Trinajstić information content (AvgIpc) is 2.87. The number of nitrogens with one attached hydrogen (secondary N) is 1. The quantitative estimate of drug-likeness (QED) is 0.439. The summed E-state index contributed by atoms with van der Waals surface area (Å²) in [5.74, 6) is 2.28. The summed E-state index contributed by atoms with van der Waals surface area (Å²) in [7, 11) is 0. The largest absolute Gasteiger partial charge is 0.377 e. The molecule has 36 heavy (non-hydrogen) atoms. The van der Waals surface area contributed by atoms with Crippen molar-refractivity contribution in [1.82, 2.24) is 19.9 Å². The van der Waals surface area contributed by atoms with Crippen LogP contribution in [0.5, 0.6) is 0 Å². The first-order chi connectivity index (χ1) is 17.4. The molecule has 10 heteroatoms. The van der Waals surface area contributed by atoms with Crippen LogP contribution in [-0.2, 0) is 27.3 Å². The third-order valence-corrected chi connectivity index (χ3v) is 6.46. The highest BCUT2D eigenvalue weighted by molar-refractivity contribution is 5.89. The van der Waals surface area contributed by atoms with Gasteiger partial charge in [0, 0.05) is 43.0 Å². The van der Waals surface area contributed by atoms with E-state index in [9.17, 15) is 9.59 Å². The zero-order valence-electron chi connectivity index (χ0n) is 21.6. The number of hydroxylamine groups is 2. The van der Waals surface area contributed by atoms with Crippen molar-refractivity contribution in [3.63, 3.8) is 0 Å². The minimum Gasteiger partial charge on any atom is -0.377 e. The second kappa shape index (κ2) is 11.7. The van der Waals surface area contributed by atoms with Gasteiger partial charge in [0.2, 0.25) is 0 Å². The summed E-state index contributed by atoms with van der Waals surface area (Å²) in [6.45, 7) is 13.9. The Morgan fingerprint density at radius 1 is 1.28 bits per heavy atom. The van der Waals surface area contributed by atoms with Crippen LogP contribution in [0.1, 0.15) is 39.0 Å². The van der Waals surface area contributed by atoms with Crippen LogP contribution < -0.4 is 10.2 Å². The molecule has 194 valence electrons. The molecular formula is C26H36N6O4. The van der Waals surface area contributed by atoms with Crippen molar-refractivity contribution in [1.29, 1.82) is 0 Å². The van der Waals surface area contributed by atoms with Crippen LogP contribution in [0.25, 0.3) is 11.4 Å². The number of urea groups is 1. The maximum absolute atomic E-state index is 12.3. The molecule has 1 N–H and O–H groups in total. The highest BCUT2D eigenvalue weighted by Gasteiger charge is 2.29. The van der Waals surface area contributed by atoms with E-state index in [0.717, 1.165) is 54.7 Å². The first kappa shape index (κ1) is 25.8. The van der Waals surface area contributed by atoms with Crippen LogP contribution in [-0.4, -0.2) is 77.9 Å². The number of hydrogen-bond acceptors (Lipinski definition) is 8. The molecule has 0 saturated carbocycles. The Kier molecular flexibility index (Phi) is 8.37. The van der Waals surface area contributed by atoms with Crippen molar-refractivity contribution in [3.8, 4) is 11.4 Å². The molecule has 0 radical (unpaired) electrons. The Hall–Kier alpha value is -3.24. The average molecular weight is 497 g/mol. The van der Waals surface area contributed by atoms with Crippen molar-refractivity contribution in [2.24, 2.45) is 5.92 Å². The summed E-state index contributed by atoms with van der Waals surface area (Å²) >= 11 is 0. The SMILES string of the molecule is CCN(OC=O)C(=O)Nc1ccc(-c2nc3c(c(N4CCOCC4C)n2)CCN(CC(C)C)C3)cc1. The highest BCUT2D eigenvalue weighted by atomic mass is 16.7. The fourth-order valence-electron chi connectivity index (χ4n) is 4.75. The van der Waals surface area contributed by atoms with E-state index >= 15 is 0 Å². The van der Waals surface area contributed by atoms with Crippen molar-refractivity contribution < 1.29 is 19.2 Å². The number of nitrogens with zero attached hydrogens (tertiary/aromatic N) is 5. The van der Waals surface area contributed by atoms with Gasteiger partial charge >= 0.3 is 12.5 Å². The first-order valence-electron chi connectivity index (χ1n) is 12.7. The van der Waals surface area contributed by atoms with Crippen molar-refractivity contribution in [2.75, 3.05) is 49.6 Å². The number of ether oxygens (including phenoxy) is 1. The van der Waals surface area contributed by atoms with Crippen LogP contribution in [0.4, 0.5) is 16.3 Å². The minimum absolute atomic E-state index is 0.231. The summed E-state index contributed by atoms with van der Waals surface area (Å²) in [5.41, 5.74) is 3.78. The summed E-state index contributed by atoms with van der Waals surface area (Å²) < 4.78 is 5.68. The Labute approximate surface area is 212 Å². The van der Waals surface area contributed by atoms with Gasteiger partial charge in [0.05, 0.1) is 31.5 Å². The lowest BCUT2D eigenvalue weighted by atomic mass is 10.0. The molecule has 2 amide bonds. The van der Waals surface area contributed by atoms with Crippen molar-refractivity contribution in [3.05, 3.63) is 35.5 Å². The second-order valence-electron chi connectivity index (χ2n) is 9.70. The van der Waals surface area contributed by atoms with Gasteiger partial charge in [0.15, 0.2) is 5.82 Å². The lowest BCUT2D eigenvalue weighted by Gasteiger charge is -2.38. The molecule has 1 fully saturated rings. The minimum atomic E-state index is -0.517. The van der Waals surface area contributed by atoms with E-state index in [2.05, 4.69) is 40.7 Å². The van der Waals surface area contributed by atoms with E-state index in [1.54, 1.807) is 19.1 Å². The van der Waals surface area contributed by atoms with Gasteiger partial charge < -0.3 is 19.8 Å². The number of rotatable bonds is 8. The van der Waals surface area contributed by atoms with E-state index in [4.69, 9.17) is 14.7 Å². The zero-order valence-corrected chi connectivity index (χ0v) is 21.6. The maximum atomic E-state index is 12.3. The fourth-order valence-corrected chi connectivity index (χ4v) is 4.75. The number of amides is 2. The zero-order chi connectivity index (χ0) is 25.7. The van der Waals surface area contributed by atoms with E-state index in [1.165, 1.54) is 5.56 Å². The Bertz CT molecular complexity index is 1060. The number of carbonyl (C=O) groups excluding carboxylic acids is 2. The summed E-state index contributed by atoms with van der Waals surface area (Å²) in [6.07, 6.45) is 0.934. The smallest absolute Gasteiger partial charge is 0.355 e. The Morgan fingerprint density at radius 3 is 2.72 bits per heavy atom. The second-order valence-corrected chi connectivity index (χ2v) is 9.70. The predicted molar refractivity (Wildman–Crippen MR) is 137 cm³/mol. The normalized spacial score (nSPS) is 18.0. The van der Waals surface area contributed by atoms with E-state index < -0.39 is 6.03 Å². The molecule has 4 rings (SSSR count). The number of aromatic nitrogens is 2. The molecule has 1 saturated heterocycles. The van der Waals surface area contributed by atoms with Gasteiger partial charge in [-0.05, 0) is 50.5 Å². The van der Waals surface area contributed by atoms with Gasteiger partial charge in [0.1, 0.15) is 5.82 Å². The lowest BCUT2D eigenvalue weighted by Crippen LogP contribution is -2.45. The predicted octanol–water partition coefficient (Wildman–Crippen LogP) is 3.32. The molecule has 2 aromatic rings. The topological polar surface area (TPSA) is 100 Å². The highest BCUT2D eigenvalue weighted by Crippen LogP contribution is 2.32. The summed E-state index contributed by atoms with van der Waals surface area (Å²) in [6, 6.07) is 7.12. The molecule has 0 spiro atoms. The molecule has 0 bridgehead atoms. The van der Waals surface area contributed by atoms with E-state index in [0.29, 0.717) is 30.6 Å². The van der Waals surface area contributed by atoms with Gasteiger partial charge in [0.25, 0.3) is 0 Å². The Balaban J connectivity index is 1.63. The Morgan fingerprint density at radius 2 is 2.06 bits per heavy atom. The summed E-state index contributed by atoms with van der Waals surface area (Å²) in [4.78, 5) is 42.5. The van der Waals surface area contributed by atoms with E-state index in [1.807, 2.05) is 12.1 Å². The molecule has 2 aliphatic heterocycles. The number of fused-ring (bicyclic) bond motifs is 1. The van der Waals surface area contributed by atoms with Crippen molar-refractivity contribution in [2.45, 2.75) is 46.7 Å². The van der Waals surface area contributed by atoms with Crippen LogP contribution >= 0.6 is 0 Å². The van der Waals surface area contributed by atoms with E-state index in [-0.39, 0.29) is 19.1 Å². The molecule has 3 heterocycles. The van der Waals surface area contributed by atoms with Gasteiger partial charge in [-0.3, -0.25) is 9.69 Å². The van der Waals surface area contributed by atoms with Gasteiger partial charge in [-0.15, -0.1) is 0 Å². The van der Waals surface area contributed by atoms with Crippen molar-refractivity contribution >= 4 is 24.0 Å². The molecule has 1 aromatic carbocycles. The van der Waals surface area contributed by atoms with Gasteiger partial charge in [-0.25, -0.2) is 14.8 Å². The molecule has 2 aliphatic rings. The molecule has 0 aliphatic carbocycles. The monoisotopic (exact) mass is 496 g/mol. The molecule has 1 unspecified atom stereocenters. The molecular weight excluding hydrogens is 460 g/mol. The fraction of sp³-hybridized carbons (Fsp3) is 0.538. The van der Waals surface area contributed by atoms with Gasteiger partial charge in [-0.2, -0.15) is 5.06 Å². The van der Waals surface area contributed by atoms with Gasteiger partial charge in [-0.1, -0.05) is 13.8 Å². The van der Waals surface area contributed by atoms with Crippen LogP contribution in [0.3, 0.4) is 0 Å². The lowest BCUT2D eigenvalue weighted by molar-refractivity contribution is -0.158. The molecule has 1 atom stereocenters. The number of benzene rings is 1. The third kappa shape index (κ3) is 5.93. The van der Waals surface area contributed by atoms with Crippen LogP contribution in [0.15, 0.2) is 24.3 Å². The molecule has 10 nitrogen and oxygen atoms in total. The first-order valence-corrected chi connectivity index (χ1v) is 12.7. The number of anilines is 2. The standard InChI is InChI=1S/C26H36N6O4/c1-5-32(36-17-33)26(34)27-21-8-6-20(7-9-21)24-28-23-15-30(14-18(2)3)11-10-22(23)25(29-24)31-12-13-35-16-19(31)4/h6-9,17-19H,5,10-16H2,1-4H3,(H,27,34). The number of morpholine rings is 1. The van der Waals surface area contributed by atoms with Crippen LogP contribution in [0, 0.1) is 5.92 Å². The molecule has 1 aromatic heterocycles. The summed E-state index contributed by atoms with van der Waals surface area (Å²) in [5, 5.41) is 3.68.